The van der Waals surface area contributed by atoms with Gasteiger partial charge in [-0.15, -0.1) is 0 Å². The fourth-order valence-corrected chi connectivity index (χ4v) is 3.71. The molecule has 3 rings (SSSR count). The molecule has 6 heteroatoms. The van der Waals surface area contributed by atoms with Crippen LogP contribution in [0, 0.1) is 11.8 Å². The SMILES string of the molecule is COCCNC(=O)[C@@H]1CCCN(c2nc3ccccc3n2CCC(C)C)C1. The standard InChI is InChI=1S/C21H32N4O2/c1-16(2)10-13-25-19-9-5-4-8-18(19)23-21(25)24-12-6-7-17(15-24)20(26)22-11-14-27-3/h4-5,8-9,16-17H,6-7,10-15H2,1-3H3,(H,22,26)/t17-/m1/s1. The zero-order chi connectivity index (χ0) is 19.2. The molecule has 1 aliphatic rings. The van der Waals surface area contributed by atoms with Crippen molar-refractivity contribution in [1.82, 2.24) is 14.9 Å². The number of ether oxygens (including phenoxy) is 1. The van der Waals surface area contributed by atoms with Crippen LogP contribution in [0.1, 0.15) is 33.1 Å². The van der Waals surface area contributed by atoms with Crippen molar-refractivity contribution in [3.05, 3.63) is 24.3 Å². The maximum Gasteiger partial charge on any atom is 0.224 e. The van der Waals surface area contributed by atoms with Gasteiger partial charge in [-0.2, -0.15) is 0 Å². The lowest BCUT2D eigenvalue weighted by molar-refractivity contribution is -0.125. The van der Waals surface area contributed by atoms with E-state index in [4.69, 9.17) is 9.72 Å². The molecule has 1 aliphatic heterocycles. The van der Waals surface area contributed by atoms with Gasteiger partial charge in [-0.1, -0.05) is 26.0 Å². The fraction of sp³-hybridized carbons (Fsp3) is 0.619. The summed E-state index contributed by atoms with van der Waals surface area (Å²) in [7, 11) is 1.65. The first-order valence-electron chi connectivity index (χ1n) is 10.1. The maximum atomic E-state index is 12.5. The summed E-state index contributed by atoms with van der Waals surface area (Å²) < 4.78 is 7.36. The number of hydrogen-bond donors (Lipinski definition) is 1. The number of aryl methyl sites for hydroxylation is 1. The van der Waals surface area contributed by atoms with Crippen molar-refractivity contribution < 1.29 is 9.53 Å². The van der Waals surface area contributed by atoms with E-state index >= 15 is 0 Å². The van der Waals surface area contributed by atoms with Gasteiger partial charge in [-0.3, -0.25) is 4.79 Å². The molecule has 1 saturated heterocycles. The van der Waals surface area contributed by atoms with Crippen LogP contribution in [0.2, 0.25) is 0 Å². The molecule has 0 spiro atoms. The Balaban J connectivity index is 1.79. The summed E-state index contributed by atoms with van der Waals surface area (Å²) in [6, 6.07) is 8.32. The summed E-state index contributed by atoms with van der Waals surface area (Å²) in [6.45, 7) is 8.25. The lowest BCUT2D eigenvalue weighted by Crippen LogP contribution is -2.44. The first kappa shape index (κ1) is 19.7. The molecule has 1 aromatic carbocycles. The first-order valence-corrected chi connectivity index (χ1v) is 10.1. The second-order valence-electron chi connectivity index (χ2n) is 7.80. The van der Waals surface area contributed by atoms with Crippen molar-refractivity contribution >= 4 is 22.9 Å². The first-order chi connectivity index (χ1) is 13.1. The Morgan fingerprint density at radius 1 is 1.37 bits per heavy atom. The number of methoxy groups -OCH3 is 1. The van der Waals surface area contributed by atoms with Gasteiger partial charge in [0.2, 0.25) is 11.9 Å². The third kappa shape index (κ3) is 4.80. The van der Waals surface area contributed by atoms with E-state index in [1.165, 1.54) is 5.52 Å². The minimum Gasteiger partial charge on any atom is -0.383 e. The molecule has 0 saturated carbocycles. The van der Waals surface area contributed by atoms with Crippen molar-refractivity contribution in [3.8, 4) is 0 Å². The number of hydrogen-bond acceptors (Lipinski definition) is 4. The molecular formula is C21H32N4O2. The van der Waals surface area contributed by atoms with Crippen molar-refractivity contribution in [2.45, 2.75) is 39.7 Å². The highest BCUT2D eigenvalue weighted by Gasteiger charge is 2.28. The molecular weight excluding hydrogens is 340 g/mol. The Labute approximate surface area is 161 Å². The number of rotatable bonds is 8. The van der Waals surface area contributed by atoms with Crippen molar-refractivity contribution in [3.63, 3.8) is 0 Å². The van der Waals surface area contributed by atoms with Crippen LogP contribution >= 0.6 is 0 Å². The Morgan fingerprint density at radius 3 is 2.96 bits per heavy atom. The highest BCUT2D eigenvalue weighted by atomic mass is 16.5. The average Bonchev–Trinajstić information content (AvgIpc) is 3.05. The van der Waals surface area contributed by atoms with E-state index < -0.39 is 0 Å². The van der Waals surface area contributed by atoms with E-state index in [2.05, 4.69) is 46.8 Å². The van der Waals surface area contributed by atoms with Gasteiger partial charge in [0.15, 0.2) is 0 Å². The zero-order valence-electron chi connectivity index (χ0n) is 16.8. The van der Waals surface area contributed by atoms with Crippen molar-refractivity contribution in [2.24, 2.45) is 11.8 Å². The van der Waals surface area contributed by atoms with Crippen molar-refractivity contribution in [2.75, 3.05) is 38.3 Å². The highest BCUT2D eigenvalue weighted by Crippen LogP contribution is 2.27. The number of nitrogens with one attached hydrogen (secondary N) is 1. The number of piperidine rings is 1. The van der Waals surface area contributed by atoms with Crippen LogP contribution in [0.25, 0.3) is 11.0 Å². The maximum absolute atomic E-state index is 12.5. The molecule has 2 aromatic rings. The third-order valence-electron chi connectivity index (χ3n) is 5.24. The number of anilines is 1. The summed E-state index contributed by atoms with van der Waals surface area (Å²) >= 11 is 0. The van der Waals surface area contributed by atoms with Crippen LogP contribution in [0.15, 0.2) is 24.3 Å². The normalized spacial score (nSPS) is 17.6. The predicted molar refractivity (Wildman–Crippen MR) is 109 cm³/mol. The highest BCUT2D eigenvalue weighted by molar-refractivity contribution is 5.81. The van der Waals surface area contributed by atoms with E-state index in [-0.39, 0.29) is 11.8 Å². The Morgan fingerprint density at radius 2 is 2.19 bits per heavy atom. The molecule has 27 heavy (non-hydrogen) atoms. The molecule has 1 atom stereocenters. The monoisotopic (exact) mass is 372 g/mol. The molecule has 0 radical (unpaired) electrons. The molecule has 0 unspecified atom stereocenters. The third-order valence-corrected chi connectivity index (χ3v) is 5.24. The number of aromatic nitrogens is 2. The van der Waals surface area contributed by atoms with Crippen LogP contribution < -0.4 is 10.2 Å². The number of imidazole rings is 1. The Bertz CT molecular complexity index is 756. The smallest absolute Gasteiger partial charge is 0.224 e. The summed E-state index contributed by atoms with van der Waals surface area (Å²) in [6.07, 6.45) is 3.05. The topological polar surface area (TPSA) is 59.4 Å². The van der Waals surface area contributed by atoms with E-state index in [0.29, 0.717) is 19.1 Å². The van der Waals surface area contributed by atoms with Gasteiger partial charge < -0.3 is 19.5 Å². The number of carbonyl (C=O) groups is 1. The molecule has 1 fully saturated rings. The minimum absolute atomic E-state index is 0.00830. The predicted octanol–water partition coefficient (Wildman–Crippen LogP) is 3.06. The molecule has 1 amide bonds. The molecule has 148 valence electrons. The zero-order valence-corrected chi connectivity index (χ0v) is 16.8. The summed E-state index contributed by atoms with van der Waals surface area (Å²) in [4.78, 5) is 19.7. The van der Waals surface area contributed by atoms with Gasteiger partial charge in [0, 0.05) is 33.3 Å². The van der Waals surface area contributed by atoms with E-state index in [0.717, 1.165) is 50.4 Å². The average molecular weight is 373 g/mol. The van der Waals surface area contributed by atoms with Crippen LogP contribution in [-0.4, -0.2) is 48.8 Å². The molecule has 2 heterocycles. The Hall–Kier alpha value is -2.08. The van der Waals surface area contributed by atoms with Gasteiger partial charge in [0.1, 0.15) is 0 Å². The number of nitrogens with zero attached hydrogens (tertiary/aromatic N) is 3. The molecule has 1 N–H and O–H groups in total. The van der Waals surface area contributed by atoms with Gasteiger partial charge >= 0.3 is 0 Å². The van der Waals surface area contributed by atoms with E-state index in [1.54, 1.807) is 7.11 Å². The van der Waals surface area contributed by atoms with Crippen LogP contribution in [0.3, 0.4) is 0 Å². The number of benzene rings is 1. The van der Waals surface area contributed by atoms with Crippen molar-refractivity contribution in [1.29, 1.82) is 0 Å². The number of amides is 1. The van der Waals surface area contributed by atoms with Gasteiger partial charge in [-0.25, -0.2) is 4.98 Å². The van der Waals surface area contributed by atoms with Gasteiger partial charge in [0.25, 0.3) is 0 Å². The lowest BCUT2D eigenvalue weighted by atomic mass is 9.97. The van der Waals surface area contributed by atoms with Gasteiger partial charge in [0.05, 0.1) is 23.6 Å². The Kier molecular flexibility index (Phi) is 6.72. The molecule has 1 aromatic heterocycles. The van der Waals surface area contributed by atoms with E-state index in [9.17, 15) is 4.79 Å². The van der Waals surface area contributed by atoms with Crippen LogP contribution in [0.4, 0.5) is 5.95 Å². The summed E-state index contributed by atoms with van der Waals surface area (Å²) in [5.41, 5.74) is 2.21. The minimum atomic E-state index is 0.00830. The second-order valence-corrected chi connectivity index (χ2v) is 7.80. The molecule has 0 bridgehead atoms. The number of para-hydroxylation sites is 2. The molecule has 0 aliphatic carbocycles. The quantitative estimate of drug-likeness (QED) is 0.724. The van der Waals surface area contributed by atoms with E-state index in [1.807, 2.05) is 6.07 Å². The van der Waals surface area contributed by atoms with Crippen LogP contribution in [-0.2, 0) is 16.1 Å². The summed E-state index contributed by atoms with van der Waals surface area (Å²) in [5.74, 6) is 1.78. The summed E-state index contributed by atoms with van der Waals surface area (Å²) in [5, 5.41) is 2.99. The lowest BCUT2D eigenvalue weighted by Gasteiger charge is -2.33. The fourth-order valence-electron chi connectivity index (χ4n) is 3.71. The molecule has 6 nitrogen and oxygen atoms in total. The number of carbonyl (C=O) groups excluding carboxylic acids is 1. The van der Waals surface area contributed by atoms with Gasteiger partial charge in [-0.05, 0) is 37.3 Å². The number of fused-ring (bicyclic) bond motifs is 1. The largest absolute Gasteiger partial charge is 0.383 e. The van der Waals surface area contributed by atoms with Crippen LogP contribution in [0.5, 0.6) is 0 Å². The second kappa shape index (κ2) is 9.22.